The summed E-state index contributed by atoms with van der Waals surface area (Å²) in [5, 5.41) is 0. The first kappa shape index (κ1) is 30.2. The van der Waals surface area contributed by atoms with Gasteiger partial charge in [-0.15, -0.1) is 6.58 Å². The quantitative estimate of drug-likeness (QED) is 0.220. The molecule has 2 saturated heterocycles. The van der Waals surface area contributed by atoms with Crippen molar-refractivity contribution in [2.75, 3.05) is 33.5 Å². The van der Waals surface area contributed by atoms with E-state index in [1.54, 1.807) is 7.11 Å². The Morgan fingerprint density at radius 3 is 2.36 bits per heavy atom. The maximum Gasteiger partial charge on any atom is 0.258 e. The minimum absolute atomic E-state index is 0.0185. The Morgan fingerprint density at radius 2 is 1.77 bits per heavy atom. The predicted molar refractivity (Wildman–Crippen MR) is 156 cm³/mol. The zero-order valence-electron chi connectivity index (χ0n) is 25.0. The lowest BCUT2D eigenvalue weighted by molar-refractivity contribution is -0.369. The van der Waals surface area contributed by atoms with Gasteiger partial charge in [0.2, 0.25) is 0 Å². The van der Waals surface area contributed by atoms with E-state index >= 15 is 0 Å². The van der Waals surface area contributed by atoms with Gasteiger partial charge in [0.15, 0.2) is 11.6 Å². The normalized spacial score (nSPS) is 31.2. The third kappa shape index (κ3) is 4.49. The lowest BCUT2D eigenvalue weighted by Crippen LogP contribution is -2.74. The molecule has 4 atom stereocenters. The fraction of sp³-hybridized carbons (Fsp3) is 0.656. The van der Waals surface area contributed by atoms with Crippen molar-refractivity contribution in [3.63, 3.8) is 0 Å². The molecule has 0 N–H and O–H groups in total. The van der Waals surface area contributed by atoms with E-state index in [1.165, 1.54) is 0 Å². The van der Waals surface area contributed by atoms with Crippen molar-refractivity contribution in [1.82, 2.24) is 0 Å². The Balaban J connectivity index is 1.89. The van der Waals surface area contributed by atoms with E-state index < -0.39 is 24.9 Å². The number of ether oxygens (including phenoxy) is 4. The van der Waals surface area contributed by atoms with Crippen LogP contribution < -0.4 is 0 Å². The number of allylic oxidation sites excluding steroid dienone is 1. The van der Waals surface area contributed by atoms with Gasteiger partial charge in [0, 0.05) is 13.0 Å². The van der Waals surface area contributed by atoms with Crippen LogP contribution in [-0.2, 0) is 34.8 Å². The Morgan fingerprint density at radius 1 is 1.10 bits per heavy atom. The average molecular weight is 557 g/mol. The summed E-state index contributed by atoms with van der Waals surface area (Å²) >= 11 is 0. The molecule has 39 heavy (non-hydrogen) atoms. The van der Waals surface area contributed by atoms with Gasteiger partial charge in [0.1, 0.15) is 12.0 Å². The van der Waals surface area contributed by atoms with E-state index in [2.05, 4.69) is 54.2 Å². The van der Waals surface area contributed by atoms with E-state index in [0.29, 0.717) is 42.9 Å². The summed E-state index contributed by atoms with van der Waals surface area (Å²) in [6.07, 6.45) is 5.24. The second kappa shape index (κ2) is 11.6. The Kier molecular flexibility index (Phi) is 8.99. The summed E-state index contributed by atoms with van der Waals surface area (Å²) in [6.45, 7) is 19.7. The Hall–Kier alpha value is -1.77. The fourth-order valence-corrected chi connectivity index (χ4v) is 13.4. The van der Waals surface area contributed by atoms with Gasteiger partial charge in [-0.05, 0) is 41.1 Å². The first-order chi connectivity index (χ1) is 18.6. The van der Waals surface area contributed by atoms with Crippen molar-refractivity contribution >= 4 is 14.1 Å². The molecule has 0 radical (unpaired) electrons. The van der Waals surface area contributed by atoms with E-state index in [0.717, 1.165) is 17.7 Å². The van der Waals surface area contributed by atoms with E-state index in [1.807, 2.05) is 36.4 Å². The van der Waals surface area contributed by atoms with Crippen molar-refractivity contribution in [2.24, 2.45) is 16.7 Å². The summed E-state index contributed by atoms with van der Waals surface area (Å²) in [7, 11) is -0.725. The molecule has 2 fully saturated rings. The molecule has 2 heterocycles. The summed E-state index contributed by atoms with van der Waals surface area (Å²) in [4.78, 5) is 13.9. The molecule has 4 rings (SSSR count). The van der Waals surface area contributed by atoms with Crippen LogP contribution in [0.1, 0.15) is 59.9 Å². The van der Waals surface area contributed by atoms with Gasteiger partial charge < -0.3 is 23.4 Å². The fourth-order valence-electron chi connectivity index (χ4n) is 8.05. The lowest BCUT2D eigenvalue weighted by atomic mass is 9.51. The zero-order chi connectivity index (χ0) is 28.5. The number of ketones is 1. The molecule has 0 bridgehead atoms. The highest BCUT2D eigenvalue weighted by Crippen LogP contribution is 2.65. The second-order valence-electron chi connectivity index (χ2n) is 12.4. The molecule has 3 aliphatic rings. The molecule has 1 aromatic rings. The number of benzene rings is 1. The smallest absolute Gasteiger partial charge is 0.258 e. The van der Waals surface area contributed by atoms with Crippen LogP contribution in [0.15, 0.2) is 54.8 Å². The molecule has 7 heteroatoms. The van der Waals surface area contributed by atoms with Gasteiger partial charge in [-0.25, -0.2) is 0 Å². The number of hydrogen-bond donors (Lipinski definition) is 0. The SMILES string of the molecule is C=C[C@@]1(COCc2ccccc2)C(O[Si](C(C)C)(C(C)C)C(C)C)=CC[C@@]23C(=O)COC[C@@H]2CCO[C@@]13OC. The van der Waals surface area contributed by atoms with Crippen molar-refractivity contribution in [2.45, 2.75) is 83.4 Å². The number of carbonyl (C=O) groups is 1. The first-order valence-corrected chi connectivity index (χ1v) is 16.7. The van der Waals surface area contributed by atoms with Gasteiger partial charge in [0.05, 0.1) is 37.6 Å². The van der Waals surface area contributed by atoms with E-state index in [-0.39, 0.29) is 24.9 Å². The van der Waals surface area contributed by atoms with Crippen LogP contribution in [-0.4, -0.2) is 53.4 Å². The summed E-state index contributed by atoms with van der Waals surface area (Å²) in [6, 6.07) is 10.1. The van der Waals surface area contributed by atoms with Gasteiger partial charge in [-0.1, -0.05) is 78.0 Å². The maximum atomic E-state index is 13.9. The number of Topliss-reactive ketones (excluding diaryl/α,β-unsaturated/α-hetero) is 1. The molecule has 0 amide bonds. The molecule has 0 unspecified atom stereocenters. The van der Waals surface area contributed by atoms with Gasteiger partial charge in [-0.2, -0.15) is 0 Å². The van der Waals surface area contributed by atoms with Crippen LogP contribution in [0, 0.1) is 16.7 Å². The van der Waals surface area contributed by atoms with Gasteiger partial charge in [-0.3, -0.25) is 4.79 Å². The van der Waals surface area contributed by atoms with Gasteiger partial charge in [0.25, 0.3) is 8.32 Å². The molecule has 1 aliphatic carbocycles. The van der Waals surface area contributed by atoms with Crippen molar-refractivity contribution in [3.05, 3.63) is 60.4 Å². The average Bonchev–Trinajstić information content (AvgIpc) is 2.91. The minimum Gasteiger partial charge on any atom is -0.545 e. The third-order valence-electron chi connectivity index (χ3n) is 9.81. The highest BCUT2D eigenvalue weighted by Gasteiger charge is 2.75. The van der Waals surface area contributed by atoms with Crippen LogP contribution in [0.25, 0.3) is 0 Å². The Labute approximate surface area is 236 Å². The molecular weight excluding hydrogens is 508 g/mol. The summed E-state index contributed by atoms with van der Waals surface area (Å²) < 4.78 is 32.9. The highest BCUT2D eigenvalue weighted by atomic mass is 28.4. The van der Waals surface area contributed by atoms with Gasteiger partial charge >= 0.3 is 0 Å². The standard InChI is InChI=1S/C32H48O6Si/c1-9-30(22-36-19-26-13-11-10-12-14-26)29(38-39(23(2)3,24(4)5)25(6)7)15-17-31-27(20-35-21-28(31)33)16-18-37-32(30,31)34-8/h9-15,23-25,27H,1,16-22H2,2-8H3/t27-,30+,31-,32-/m0/s1. The van der Waals surface area contributed by atoms with Crippen LogP contribution in [0.3, 0.4) is 0 Å². The highest BCUT2D eigenvalue weighted by molar-refractivity contribution is 6.77. The Bertz CT molecular complexity index is 1030. The van der Waals surface area contributed by atoms with Crippen molar-refractivity contribution in [1.29, 1.82) is 0 Å². The lowest BCUT2D eigenvalue weighted by Gasteiger charge is -2.64. The maximum absolute atomic E-state index is 13.9. The topological polar surface area (TPSA) is 63.2 Å². The van der Waals surface area contributed by atoms with E-state index in [9.17, 15) is 4.79 Å². The molecule has 6 nitrogen and oxygen atoms in total. The summed E-state index contributed by atoms with van der Waals surface area (Å²) in [5.41, 5.74) is 0.227. The molecule has 1 aromatic carbocycles. The number of hydrogen-bond acceptors (Lipinski definition) is 6. The minimum atomic E-state index is -2.38. The summed E-state index contributed by atoms with van der Waals surface area (Å²) in [5.74, 6) is -0.552. The largest absolute Gasteiger partial charge is 0.545 e. The molecule has 216 valence electrons. The number of rotatable bonds is 11. The number of carbonyl (C=O) groups excluding carboxylic acids is 1. The van der Waals surface area contributed by atoms with Crippen molar-refractivity contribution < 1.29 is 28.2 Å². The first-order valence-electron chi connectivity index (χ1n) is 14.5. The van der Waals surface area contributed by atoms with Crippen LogP contribution >= 0.6 is 0 Å². The van der Waals surface area contributed by atoms with Crippen LogP contribution in [0.2, 0.25) is 16.6 Å². The molecule has 1 spiro atoms. The van der Waals surface area contributed by atoms with E-state index in [4.69, 9.17) is 23.4 Å². The molecular formula is C32H48O6Si. The molecule has 2 aliphatic heterocycles. The van der Waals surface area contributed by atoms with Crippen LogP contribution in [0.4, 0.5) is 0 Å². The number of methoxy groups -OCH3 is 1. The zero-order valence-corrected chi connectivity index (χ0v) is 26.0. The van der Waals surface area contributed by atoms with Crippen LogP contribution in [0.5, 0.6) is 0 Å². The predicted octanol–water partition coefficient (Wildman–Crippen LogP) is 6.82. The monoisotopic (exact) mass is 556 g/mol. The van der Waals surface area contributed by atoms with Crippen molar-refractivity contribution in [3.8, 4) is 0 Å². The molecule has 0 saturated carbocycles. The second-order valence-corrected chi connectivity index (χ2v) is 17.8. The third-order valence-corrected chi connectivity index (χ3v) is 15.8. The molecule has 0 aromatic heterocycles.